The first kappa shape index (κ1) is 11.9. The van der Waals surface area contributed by atoms with Crippen molar-refractivity contribution in [3.63, 3.8) is 0 Å². The van der Waals surface area contributed by atoms with Crippen molar-refractivity contribution < 1.29 is 9.84 Å². The van der Waals surface area contributed by atoms with E-state index in [0.717, 1.165) is 16.5 Å². The zero-order valence-corrected chi connectivity index (χ0v) is 10.8. The van der Waals surface area contributed by atoms with E-state index in [-0.39, 0.29) is 5.75 Å². The molecule has 0 fully saturated rings. The molecule has 2 aromatic carbocycles. The SMILES string of the molecule is Oc1ccccc1OCc1c[nH]c2ccc(Cl)cc12. The molecular formula is C15H12ClNO2. The number of aromatic nitrogens is 1. The van der Waals surface area contributed by atoms with Crippen LogP contribution in [-0.4, -0.2) is 10.1 Å². The fourth-order valence-corrected chi connectivity index (χ4v) is 2.18. The number of rotatable bonds is 3. The summed E-state index contributed by atoms with van der Waals surface area (Å²) >= 11 is 6.00. The number of para-hydroxylation sites is 2. The molecule has 0 aliphatic heterocycles. The van der Waals surface area contributed by atoms with E-state index < -0.39 is 0 Å². The highest BCUT2D eigenvalue weighted by atomic mass is 35.5. The van der Waals surface area contributed by atoms with Crippen molar-refractivity contribution in [3.8, 4) is 11.5 Å². The molecule has 2 N–H and O–H groups in total. The number of H-pyrrole nitrogens is 1. The maximum absolute atomic E-state index is 9.64. The van der Waals surface area contributed by atoms with Crippen molar-refractivity contribution in [1.82, 2.24) is 4.98 Å². The van der Waals surface area contributed by atoms with Crippen LogP contribution in [0, 0.1) is 0 Å². The lowest BCUT2D eigenvalue weighted by Crippen LogP contribution is -1.94. The number of phenolic OH excluding ortho intramolecular Hbond substituents is 1. The third-order valence-corrected chi connectivity index (χ3v) is 3.21. The summed E-state index contributed by atoms with van der Waals surface area (Å²) in [4.78, 5) is 3.17. The summed E-state index contributed by atoms with van der Waals surface area (Å²) in [7, 11) is 0. The lowest BCUT2D eigenvalue weighted by molar-refractivity contribution is 0.290. The van der Waals surface area contributed by atoms with E-state index in [4.69, 9.17) is 16.3 Å². The van der Waals surface area contributed by atoms with Crippen molar-refractivity contribution >= 4 is 22.5 Å². The van der Waals surface area contributed by atoms with Gasteiger partial charge >= 0.3 is 0 Å². The number of hydrogen-bond donors (Lipinski definition) is 2. The zero-order chi connectivity index (χ0) is 13.2. The molecule has 4 heteroatoms. The molecular weight excluding hydrogens is 262 g/mol. The second-order valence-corrected chi connectivity index (χ2v) is 4.70. The first-order valence-electron chi connectivity index (χ1n) is 5.90. The fraction of sp³-hybridized carbons (Fsp3) is 0.0667. The minimum atomic E-state index is 0.139. The van der Waals surface area contributed by atoms with Gasteiger partial charge < -0.3 is 14.8 Å². The highest BCUT2D eigenvalue weighted by molar-refractivity contribution is 6.31. The Balaban J connectivity index is 1.86. The van der Waals surface area contributed by atoms with E-state index in [1.165, 1.54) is 0 Å². The van der Waals surface area contributed by atoms with Crippen LogP contribution in [0.15, 0.2) is 48.7 Å². The van der Waals surface area contributed by atoms with Crippen LogP contribution >= 0.6 is 11.6 Å². The van der Waals surface area contributed by atoms with Crippen LogP contribution in [0.3, 0.4) is 0 Å². The fourth-order valence-electron chi connectivity index (χ4n) is 2.00. The summed E-state index contributed by atoms with van der Waals surface area (Å²) in [6.45, 7) is 0.373. The molecule has 0 spiro atoms. The Morgan fingerprint density at radius 3 is 2.84 bits per heavy atom. The number of phenols is 1. The summed E-state index contributed by atoms with van der Waals surface area (Å²) in [5.74, 6) is 0.610. The standard InChI is InChI=1S/C15H12ClNO2/c16-11-5-6-13-12(7-11)10(8-17-13)9-19-15-4-2-1-3-14(15)18/h1-8,17-18H,9H2. The molecule has 0 unspecified atom stereocenters. The minimum absolute atomic E-state index is 0.139. The first-order valence-corrected chi connectivity index (χ1v) is 6.28. The monoisotopic (exact) mass is 273 g/mol. The molecule has 0 atom stereocenters. The molecule has 0 aliphatic carbocycles. The topological polar surface area (TPSA) is 45.2 Å². The van der Waals surface area contributed by atoms with Crippen LogP contribution in [0.4, 0.5) is 0 Å². The molecule has 0 aliphatic rings. The second-order valence-electron chi connectivity index (χ2n) is 4.26. The average molecular weight is 274 g/mol. The predicted octanol–water partition coefficient (Wildman–Crippen LogP) is 4.11. The van der Waals surface area contributed by atoms with Crippen LogP contribution in [0.2, 0.25) is 5.02 Å². The van der Waals surface area contributed by atoms with Crippen molar-refractivity contribution in [2.75, 3.05) is 0 Å². The Morgan fingerprint density at radius 1 is 1.16 bits per heavy atom. The molecule has 0 radical (unpaired) electrons. The van der Waals surface area contributed by atoms with Gasteiger partial charge in [0.15, 0.2) is 11.5 Å². The number of benzene rings is 2. The molecule has 1 aromatic heterocycles. The number of hydrogen-bond acceptors (Lipinski definition) is 2. The predicted molar refractivity (Wildman–Crippen MR) is 75.7 cm³/mol. The molecule has 3 aromatic rings. The molecule has 3 rings (SSSR count). The lowest BCUT2D eigenvalue weighted by Gasteiger charge is -2.07. The molecule has 0 saturated heterocycles. The Labute approximate surface area is 115 Å². The summed E-state index contributed by atoms with van der Waals surface area (Å²) < 4.78 is 5.62. The molecule has 0 amide bonds. The number of halogens is 1. The van der Waals surface area contributed by atoms with E-state index in [2.05, 4.69) is 4.98 Å². The third kappa shape index (κ3) is 2.37. The van der Waals surface area contributed by atoms with E-state index in [0.29, 0.717) is 17.4 Å². The van der Waals surface area contributed by atoms with Gasteiger partial charge in [-0.1, -0.05) is 23.7 Å². The van der Waals surface area contributed by atoms with Gasteiger partial charge in [-0.05, 0) is 30.3 Å². The number of aromatic amines is 1. The quantitative estimate of drug-likeness (QED) is 0.754. The van der Waals surface area contributed by atoms with Gasteiger partial charge in [0.05, 0.1) is 0 Å². The van der Waals surface area contributed by atoms with Gasteiger partial charge in [0.25, 0.3) is 0 Å². The molecule has 19 heavy (non-hydrogen) atoms. The van der Waals surface area contributed by atoms with Crippen molar-refractivity contribution in [2.24, 2.45) is 0 Å². The molecule has 0 saturated carbocycles. The van der Waals surface area contributed by atoms with Gasteiger partial charge in [-0.2, -0.15) is 0 Å². The highest BCUT2D eigenvalue weighted by Crippen LogP contribution is 2.27. The summed E-state index contributed by atoms with van der Waals surface area (Å²) in [6.07, 6.45) is 1.89. The van der Waals surface area contributed by atoms with Crippen LogP contribution in [0.1, 0.15) is 5.56 Å². The average Bonchev–Trinajstić information content (AvgIpc) is 2.80. The minimum Gasteiger partial charge on any atom is -0.504 e. The Hall–Kier alpha value is -2.13. The van der Waals surface area contributed by atoms with Crippen molar-refractivity contribution in [1.29, 1.82) is 0 Å². The van der Waals surface area contributed by atoms with Crippen LogP contribution in [0.25, 0.3) is 10.9 Å². The molecule has 0 bridgehead atoms. The van der Waals surface area contributed by atoms with Gasteiger partial charge in [0.2, 0.25) is 0 Å². The second kappa shape index (κ2) is 4.86. The summed E-state index contributed by atoms with van der Waals surface area (Å²) in [6, 6.07) is 12.6. The van der Waals surface area contributed by atoms with Gasteiger partial charge in [-0.3, -0.25) is 0 Å². The Morgan fingerprint density at radius 2 is 2.00 bits per heavy atom. The molecule has 1 heterocycles. The maximum Gasteiger partial charge on any atom is 0.161 e. The molecule has 96 valence electrons. The summed E-state index contributed by atoms with van der Waals surface area (Å²) in [5, 5.41) is 11.4. The van der Waals surface area contributed by atoms with E-state index in [9.17, 15) is 5.11 Å². The van der Waals surface area contributed by atoms with Crippen molar-refractivity contribution in [3.05, 3.63) is 59.2 Å². The van der Waals surface area contributed by atoms with Gasteiger partial charge in [0.1, 0.15) is 6.61 Å². The van der Waals surface area contributed by atoms with Gasteiger partial charge in [-0.15, -0.1) is 0 Å². The van der Waals surface area contributed by atoms with Gasteiger partial charge in [0, 0.05) is 27.7 Å². The normalized spacial score (nSPS) is 10.8. The van der Waals surface area contributed by atoms with E-state index in [1.54, 1.807) is 18.2 Å². The Kier molecular flexibility index (Phi) is 3.05. The summed E-state index contributed by atoms with van der Waals surface area (Å²) in [5.41, 5.74) is 2.01. The number of fused-ring (bicyclic) bond motifs is 1. The van der Waals surface area contributed by atoms with Crippen molar-refractivity contribution in [2.45, 2.75) is 6.61 Å². The largest absolute Gasteiger partial charge is 0.504 e. The van der Waals surface area contributed by atoms with E-state index >= 15 is 0 Å². The van der Waals surface area contributed by atoms with E-state index in [1.807, 2.05) is 30.5 Å². The maximum atomic E-state index is 9.64. The van der Waals surface area contributed by atoms with Gasteiger partial charge in [-0.25, -0.2) is 0 Å². The lowest BCUT2D eigenvalue weighted by atomic mass is 10.2. The number of aromatic hydroxyl groups is 1. The zero-order valence-electron chi connectivity index (χ0n) is 10.1. The number of nitrogens with one attached hydrogen (secondary N) is 1. The highest BCUT2D eigenvalue weighted by Gasteiger charge is 2.06. The van der Waals surface area contributed by atoms with Crippen LogP contribution in [-0.2, 0) is 6.61 Å². The Bertz CT molecular complexity index is 721. The number of ether oxygens (including phenoxy) is 1. The van der Waals surface area contributed by atoms with Crippen LogP contribution in [0.5, 0.6) is 11.5 Å². The van der Waals surface area contributed by atoms with Crippen LogP contribution < -0.4 is 4.74 Å². The third-order valence-electron chi connectivity index (χ3n) is 2.98. The first-order chi connectivity index (χ1) is 9.24. The molecule has 3 nitrogen and oxygen atoms in total. The smallest absolute Gasteiger partial charge is 0.161 e.